The number of carboxylic acids is 1. The molecule has 0 fully saturated rings. The fourth-order valence-electron chi connectivity index (χ4n) is 2.11. The molecule has 1 aliphatic heterocycles. The summed E-state index contributed by atoms with van der Waals surface area (Å²) in [6, 6.07) is 0. The molecule has 0 amide bonds. The molecule has 1 aromatic rings. The molecule has 1 N–H and O–H groups in total. The van der Waals surface area contributed by atoms with Crippen molar-refractivity contribution in [2.45, 2.75) is 32.0 Å². The first-order valence-corrected chi connectivity index (χ1v) is 5.20. The van der Waals surface area contributed by atoms with E-state index in [1.165, 1.54) is 10.8 Å². The van der Waals surface area contributed by atoms with Crippen LogP contribution in [-0.2, 0) is 13.0 Å². The maximum atomic E-state index is 13.2. The first-order valence-electron chi connectivity index (χ1n) is 5.20. The van der Waals surface area contributed by atoms with Crippen molar-refractivity contribution in [3.63, 3.8) is 0 Å². The number of carboxylic acid groups (broad SMARTS) is 1. The van der Waals surface area contributed by atoms with Gasteiger partial charge in [0.25, 0.3) is 6.43 Å². The zero-order chi connectivity index (χ0) is 12.6. The number of rotatable bonds is 3. The van der Waals surface area contributed by atoms with E-state index in [2.05, 4.69) is 4.98 Å². The predicted octanol–water partition coefficient (Wildman–Crippen LogP) is 1.10. The summed E-state index contributed by atoms with van der Waals surface area (Å²) in [5.41, 5.74) is 0.653. The van der Waals surface area contributed by atoms with Gasteiger partial charge in [-0.15, -0.1) is 0 Å². The topological polar surface area (TPSA) is 55.1 Å². The first kappa shape index (κ1) is 16.2. The van der Waals surface area contributed by atoms with Crippen molar-refractivity contribution in [3.05, 3.63) is 17.7 Å². The summed E-state index contributed by atoms with van der Waals surface area (Å²) >= 11 is 0. The molecule has 0 saturated carbocycles. The van der Waals surface area contributed by atoms with Gasteiger partial charge in [-0.1, -0.05) is 0 Å². The number of halogens is 3. The van der Waals surface area contributed by atoms with E-state index in [4.69, 9.17) is 5.11 Å². The number of alkyl halides is 3. The number of imidazole rings is 1. The molecule has 8 heteroatoms. The molecule has 0 radical (unpaired) electrons. The predicted molar refractivity (Wildman–Crippen MR) is 59.0 cm³/mol. The molecule has 96 valence electrons. The number of hydrogen-bond donors (Lipinski definition) is 1. The number of aryl methyl sites for hydroxylation is 1. The summed E-state index contributed by atoms with van der Waals surface area (Å²) in [6.45, 7) is -0.0531. The maximum absolute atomic E-state index is 13.2. The molecule has 0 aliphatic carbocycles. The van der Waals surface area contributed by atoms with E-state index in [0.29, 0.717) is 12.1 Å². The zero-order valence-corrected chi connectivity index (χ0v) is 8.81. The van der Waals surface area contributed by atoms with Crippen molar-refractivity contribution in [1.82, 2.24) is 9.55 Å². The van der Waals surface area contributed by atoms with Crippen LogP contribution < -0.4 is 0 Å². The third-order valence-corrected chi connectivity index (χ3v) is 3.01. The third-order valence-electron chi connectivity index (χ3n) is 3.01. The Labute approximate surface area is 144 Å². The fraction of sp³-hybridized carbons (Fsp3) is 0.600. The molecule has 2 rings (SSSR count). The molecular formula is C10H12F3KN2O2. The summed E-state index contributed by atoms with van der Waals surface area (Å²) in [5, 5.41) is 8.84. The van der Waals surface area contributed by atoms with Gasteiger partial charge >= 0.3 is 57.4 Å². The van der Waals surface area contributed by atoms with Crippen LogP contribution in [-0.4, -0.2) is 84.6 Å². The molecule has 4 nitrogen and oxygen atoms in total. The van der Waals surface area contributed by atoms with Crippen LogP contribution >= 0.6 is 0 Å². The van der Waals surface area contributed by atoms with Crippen LogP contribution in [0.3, 0.4) is 0 Å². The number of carbonyl (C=O) groups is 1. The van der Waals surface area contributed by atoms with E-state index in [9.17, 15) is 18.0 Å². The van der Waals surface area contributed by atoms with Crippen molar-refractivity contribution in [2.75, 3.05) is 0 Å². The number of hydrogen-bond acceptors (Lipinski definition) is 2. The van der Waals surface area contributed by atoms with Crippen LogP contribution in [0.5, 0.6) is 0 Å². The minimum atomic E-state index is -3.03. The monoisotopic (exact) mass is 288 g/mol. The van der Waals surface area contributed by atoms with Crippen molar-refractivity contribution in [1.29, 1.82) is 0 Å². The van der Waals surface area contributed by atoms with Gasteiger partial charge in [0.05, 0.1) is 0 Å². The summed E-state index contributed by atoms with van der Waals surface area (Å²) in [6.07, 6.45) is -3.19. The number of fused-ring (bicyclic) bond motifs is 1. The second-order valence-corrected chi connectivity index (χ2v) is 4.07. The Morgan fingerprint density at radius 3 is 2.72 bits per heavy atom. The minimum absolute atomic E-state index is 0. The molecule has 0 spiro atoms. The van der Waals surface area contributed by atoms with Crippen LogP contribution in [0.2, 0.25) is 0 Å². The van der Waals surface area contributed by atoms with Gasteiger partial charge in [-0.05, 0) is 12.8 Å². The molecule has 18 heavy (non-hydrogen) atoms. The summed E-state index contributed by atoms with van der Waals surface area (Å²) < 4.78 is 39.0. The molecule has 0 saturated heterocycles. The van der Waals surface area contributed by atoms with Gasteiger partial charge in [0, 0.05) is 24.4 Å². The quantitative estimate of drug-likeness (QED) is 0.847. The molecule has 2 heterocycles. The standard InChI is InChI=1S/C10H11F3N2O2.K.H/c11-7(8(12)13)5-1-2-6-3-14-9(10(16)17)15(6)4-5;;/h3,5,7-8H,1-2,4H2,(H,16,17);;. The Kier molecular flexibility index (Phi) is 5.85. The molecule has 1 aromatic heterocycles. The van der Waals surface area contributed by atoms with Crippen molar-refractivity contribution in [2.24, 2.45) is 5.92 Å². The van der Waals surface area contributed by atoms with Crippen molar-refractivity contribution < 1.29 is 23.1 Å². The van der Waals surface area contributed by atoms with Crippen LogP contribution in [0.15, 0.2) is 6.20 Å². The summed E-state index contributed by atoms with van der Waals surface area (Å²) in [7, 11) is 0. The number of aromatic nitrogens is 2. The third kappa shape index (κ3) is 3.16. The van der Waals surface area contributed by atoms with Gasteiger partial charge in [0.2, 0.25) is 5.82 Å². The van der Waals surface area contributed by atoms with Gasteiger partial charge in [-0.3, -0.25) is 0 Å². The van der Waals surface area contributed by atoms with Crippen LogP contribution in [0.1, 0.15) is 22.7 Å². The van der Waals surface area contributed by atoms with Crippen molar-refractivity contribution in [3.8, 4) is 0 Å². The van der Waals surface area contributed by atoms with Crippen LogP contribution in [0.4, 0.5) is 13.2 Å². The molecule has 0 aromatic carbocycles. The Bertz CT molecular complexity index is 439. The van der Waals surface area contributed by atoms with Gasteiger partial charge in [-0.25, -0.2) is 22.9 Å². The first-order chi connectivity index (χ1) is 8.00. The van der Waals surface area contributed by atoms with E-state index in [1.807, 2.05) is 0 Å². The van der Waals surface area contributed by atoms with E-state index >= 15 is 0 Å². The second kappa shape index (κ2) is 6.51. The Balaban J connectivity index is 0.00000162. The summed E-state index contributed by atoms with van der Waals surface area (Å²) in [5.74, 6) is -2.30. The summed E-state index contributed by atoms with van der Waals surface area (Å²) in [4.78, 5) is 14.5. The Hall–Kier alpha value is 0.106. The van der Waals surface area contributed by atoms with Crippen LogP contribution in [0, 0.1) is 5.92 Å². The Morgan fingerprint density at radius 2 is 2.17 bits per heavy atom. The van der Waals surface area contributed by atoms with Gasteiger partial charge < -0.3 is 9.67 Å². The van der Waals surface area contributed by atoms with Crippen molar-refractivity contribution >= 4 is 57.4 Å². The normalized spacial score (nSPS) is 20.1. The molecule has 1 aliphatic rings. The number of aromatic carboxylic acids is 1. The molecular weight excluding hydrogens is 276 g/mol. The SMILES string of the molecule is O=C(O)c1ncc2n1CC(C(F)C(F)F)CC2.[KH]. The van der Waals surface area contributed by atoms with Gasteiger partial charge in [0.15, 0.2) is 6.17 Å². The van der Waals surface area contributed by atoms with E-state index in [0.717, 1.165) is 0 Å². The molecule has 2 unspecified atom stereocenters. The van der Waals surface area contributed by atoms with Gasteiger partial charge in [-0.2, -0.15) is 0 Å². The van der Waals surface area contributed by atoms with Crippen LogP contribution in [0.25, 0.3) is 0 Å². The Morgan fingerprint density at radius 1 is 1.50 bits per heavy atom. The fourth-order valence-corrected chi connectivity index (χ4v) is 2.11. The van der Waals surface area contributed by atoms with E-state index < -0.39 is 24.5 Å². The average Bonchev–Trinajstić information content (AvgIpc) is 2.70. The average molecular weight is 288 g/mol. The number of nitrogens with zero attached hydrogens (tertiary/aromatic N) is 2. The molecule has 0 bridgehead atoms. The van der Waals surface area contributed by atoms with E-state index in [-0.39, 0.29) is 70.2 Å². The molecule has 2 atom stereocenters. The second-order valence-electron chi connectivity index (χ2n) is 4.07. The zero-order valence-electron chi connectivity index (χ0n) is 8.81. The van der Waals surface area contributed by atoms with Gasteiger partial charge in [0.1, 0.15) is 0 Å². The van der Waals surface area contributed by atoms with E-state index in [1.54, 1.807) is 0 Å².